The van der Waals surface area contributed by atoms with Crippen LogP contribution in [0.25, 0.3) is 0 Å². The molecule has 2 unspecified atom stereocenters. The lowest BCUT2D eigenvalue weighted by Crippen LogP contribution is -2.57. The minimum Gasteiger partial charge on any atom is -0.493 e. The summed E-state index contributed by atoms with van der Waals surface area (Å²) < 4.78 is 69.6. The maximum Gasteiger partial charge on any atom is 0.387 e. The van der Waals surface area contributed by atoms with Gasteiger partial charge in [0.1, 0.15) is 0 Å². The molecular weight excluding hydrogens is 436 g/mol. The zero-order valence-electron chi connectivity index (χ0n) is 17.7. The van der Waals surface area contributed by atoms with Gasteiger partial charge >= 0.3 is 6.61 Å². The van der Waals surface area contributed by atoms with Gasteiger partial charge in [-0.2, -0.15) is 25.8 Å². The van der Waals surface area contributed by atoms with Crippen LogP contribution >= 0.6 is 0 Å². The standard InChI is InChI=1S/C19H27F2N3O6S/c1-13-11-24(12-14(2)29-13)31(26,27)23-9-7-22(8-10-23)18(25)15-5-4-6-16(28-3)17(15)30-19(20)21/h4-6,13-14,19H,7-12H2,1-3H3. The van der Waals surface area contributed by atoms with Crippen LogP contribution in [0.5, 0.6) is 11.5 Å². The highest BCUT2D eigenvalue weighted by Crippen LogP contribution is 2.33. The summed E-state index contributed by atoms with van der Waals surface area (Å²) >= 11 is 0. The summed E-state index contributed by atoms with van der Waals surface area (Å²) in [6.45, 7) is 1.50. The Hall–Kier alpha value is -2.02. The summed E-state index contributed by atoms with van der Waals surface area (Å²) in [7, 11) is -2.40. The molecule has 0 radical (unpaired) electrons. The molecule has 2 saturated heterocycles. The van der Waals surface area contributed by atoms with Crippen LogP contribution in [0, 0.1) is 0 Å². The maximum atomic E-state index is 13.0. The highest BCUT2D eigenvalue weighted by molar-refractivity contribution is 7.86. The Morgan fingerprint density at radius 1 is 1.10 bits per heavy atom. The van der Waals surface area contributed by atoms with Crippen LogP contribution in [0.3, 0.4) is 0 Å². The third kappa shape index (κ3) is 5.25. The van der Waals surface area contributed by atoms with Crippen LogP contribution in [0.4, 0.5) is 8.78 Å². The van der Waals surface area contributed by atoms with Crippen molar-refractivity contribution in [1.82, 2.24) is 13.5 Å². The van der Waals surface area contributed by atoms with Gasteiger partial charge in [-0.1, -0.05) is 6.07 Å². The van der Waals surface area contributed by atoms with Crippen LogP contribution < -0.4 is 9.47 Å². The van der Waals surface area contributed by atoms with Crippen molar-refractivity contribution < 1.29 is 36.2 Å². The summed E-state index contributed by atoms with van der Waals surface area (Å²) in [5, 5.41) is 0. The molecule has 2 aliphatic heterocycles. The number of ether oxygens (including phenoxy) is 3. The van der Waals surface area contributed by atoms with Gasteiger partial charge in [0.05, 0.1) is 24.9 Å². The fourth-order valence-corrected chi connectivity index (χ4v) is 5.58. The second-order valence-electron chi connectivity index (χ2n) is 7.49. The minimum absolute atomic E-state index is 0.0166. The number of carbonyl (C=O) groups is 1. The highest BCUT2D eigenvalue weighted by Gasteiger charge is 2.37. The van der Waals surface area contributed by atoms with E-state index in [1.807, 2.05) is 13.8 Å². The van der Waals surface area contributed by atoms with E-state index >= 15 is 0 Å². The monoisotopic (exact) mass is 463 g/mol. The van der Waals surface area contributed by atoms with Crippen LogP contribution in [0.1, 0.15) is 24.2 Å². The molecular formula is C19H27F2N3O6S. The second kappa shape index (κ2) is 9.63. The number of piperazine rings is 1. The van der Waals surface area contributed by atoms with Crippen molar-refractivity contribution in [3.63, 3.8) is 0 Å². The van der Waals surface area contributed by atoms with Crippen LogP contribution in [-0.4, -0.2) is 93.0 Å². The number of hydrogen-bond donors (Lipinski definition) is 0. The molecule has 1 aromatic carbocycles. The van der Waals surface area contributed by atoms with Crippen LogP contribution in [0.2, 0.25) is 0 Å². The van der Waals surface area contributed by atoms with Gasteiger partial charge in [-0.3, -0.25) is 4.79 Å². The lowest BCUT2D eigenvalue weighted by molar-refractivity contribution is -0.0516. The Morgan fingerprint density at radius 2 is 1.71 bits per heavy atom. The third-order valence-electron chi connectivity index (χ3n) is 5.20. The number of halogens is 2. The van der Waals surface area contributed by atoms with E-state index in [1.54, 1.807) is 0 Å². The first-order chi connectivity index (χ1) is 14.6. The molecule has 2 atom stereocenters. The number of hydrogen-bond acceptors (Lipinski definition) is 6. The minimum atomic E-state index is -3.69. The van der Waals surface area contributed by atoms with E-state index in [4.69, 9.17) is 9.47 Å². The van der Waals surface area contributed by atoms with Crippen molar-refractivity contribution in [2.75, 3.05) is 46.4 Å². The number of carbonyl (C=O) groups excluding carboxylic acids is 1. The average Bonchev–Trinajstić information content (AvgIpc) is 2.72. The molecule has 0 aliphatic carbocycles. The van der Waals surface area contributed by atoms with Crippen molar-refractivity contribution in [1.29, 1.82) is 0 Å². The largest absolute Gasteiger partial charge is 0.493 e. The smallest absolute Gasteiger partial charge is 0.387 e. The van der Waals surface area contributed by atoms with E-state index in [1.165, 1.54) is 38.8 Å². The quantitative estimate of drug-likeness (QED) is 0.634. The van der Waals surface area contributed by atoms with E-state index in [-0.39, 0.29) is 68.5 Å². The number of benzene rings is 1. The van der Waals surface area contributed by atoms with Crippen molar-refractivity contribution in [3.8, 4) is 11.5 Å². The lowest BCUT2D eigenvalue weighted by Gasteiger charge is -2.40. The first-order valence-electron chi connectivity index (χ1n) is 9.95. The molecule has 9 nitrogen and oxygen atoms in total. The molecule has 0 bridgehead atoms. The Morgan fingerprint density at radius 3 is 2.26 bits per heavy atom. The average molecular weight is 464 g/mol. The maximum absolute atomic E-state index is 13.0. The Bertz CT molecular complexity index is 883. The predicted octanol–water partition coefficient (Wildman–Crippen LogP) is 1.41. The molecule has 31 heavy (non-hydrogen) atoms. The van der Waals surface area contributed by atoms with E-state index < -0.39 is 22.7 Å². The number of morpholine rings is 1. The van der Waals surface area contributed by atoms with Crippen molar-refractivity contribution in [2.24, 2.45) is 0 Å². The molecule has 2 aliphatic rings. The zero-order valence-corrected chi connectivity index (χ0v) is 18.5. The molecule has 2 heterocycles. The summed E-state index contributed by atoms with van der Waals surface area (Å²) in [5.74, 6) is -0.848. The Labute approximate surface area is 180 Å². The van der Waals surface area contributed by atoms with E-state index in [0.717, 1.165) is 0 Å². The fourth-order valence-electron chi connectivity index (χ4n) is 3.83. The van der Waals surface area contributed by atoms with Crippen molar-refractivity contribution >= 4 is 16.1 Å². The summed E-state index contributed by atoms with van der Waals surface area (Å²) in [6, 6.07) is 4.30. The first-order valence-corrected chi connectivity index (χ1v) is 11.3. The predicted molar refractivity (Wildman–Crippen MR) is 108 cm³/mol. The van der Waals surface area contributed by atoms with Gasteiger partial charge in [0.2, 0.25) is 0 Å². The summed E-state index contributed by atoms with van der Waals surface area (Å²) in [4.78, 5) is 14.4. The molecule has 0 aromatic heterocycles. The molecule has 1 amide bonds. The number of alkyl halides is 2. The molecule has 174 valence electrons. The topological polar surface area (TPSA) is 88.6 Å². The van der Waals surface area contributed by atoms with Gasteiger partial charge in [-0.05, 0) is 26.0 Å². The van der Waals surface area contributed by atoms with Crippen molar-refractivity contribution in [3.05, 3.63) is 23.8 Å². The molecule has 0 spiro atoms. The zero-order chi connectivity index (χ0) is 22.8. The molecule has 1 aromatic rings. The SMILES string of the molecule is COc1cccc(C(=O)N2CCN(S(=O)(=O)N3CC(C)OC(C)C3)CC2)c1OC(F)F. The van der Waals surface area contributed by atoms with Gasteiger partial charge in [0, 0.05) is 39.3 Å². The number of amides is 1. The lowest BCUT2D eigenvalue weighted by atomic mass is 10.1. The molecule has 0 N–H and O–H groups in total. The van der Waals surface area contributed by atoms with Crippen LogP contribution in [0.15, 0.2) is 18.2 Å². The first kappa shape index (κ1) is 23.6. The highest BCUT2D eigenvalue weighted by atomic mass is 32.2. The van der Waals surface area contributed by atoms with Gasteiger partial charge in [0.25, 0.3) is 16.1 Å². The fraction of sp³-hybridized carbons (Fsp3) is 0.632. The van der Waals surface area contributed by atoms with Crippen LogP contribution in [-0.2, 0) is 14.9 Å². The number of para-hydroxylation sites is 1. The number of rotatable bonds is 6. The van der Waals surface area contributed by atoms with Crippen molar-refractivity contribution in [2.45, 2.75) is 32.7 Å². The number of methoxy groups -OCH3 is 1. The van der Waals surface area contributed by atoms with E-state index in [2.05, 4.69) is 4.74 Å². The molecule has 0 saturated carbocycles. The van der Waals surface area contributed by atoms with E-state index in [0.29, 0.717) is 0 Å². The Kier molecular flexibility index (Phi) is 7.35. The van der Waals surface area contributed by atoms with E-state index in [9.17, 15) is 22.0 Å². The third-order valence-corrected chi connectivity index (χ3v) is 7.17. The molecule has 3 rings (SSSR count). The second-order valence-corrected chi connectivity index (χ2v) is 9.42. The van der Waals surface area contributed by atoms with Gasteiger partial charge in [-0.25, -0.2) is 0 Å². The summed E-state index contributed by atoms with van der Waals surface area (Å²) in [6.07, 6.45) is -0.412. The molecule has 2 fully saturated rings. The normalized spacial score (nSPS) is 23.7. The summed E-state index contributed by atoms with van der Waals surface area (Å²) in [5.41, 5.74) is -0.0632. The van der Waals surface area contributed by atoms with Gasteiger partial charge in [-0.15, -0.1) is 0 Å². The number of nitrogens with zero attached hydrogens (tertiary/aromatic N) is 3. The molecule has 12 heteroatoms. The Balaban J connectivity index is 1.70. The van der Waals surface area contributed by atoms with Gasteiger partial charge in [0.15, 0.2) is 11.5 Å². The van der Waals surface area contributed by atoms with Gasteiger partial charge < -0.3 is 19.1 Å².